The van der Waals surface area contributed by atoms with Crippen LogP contribution in [-0.2, 0) is 14.8 Å². The Hall–Kier alpha value is -2.98. The zero-order chi connectivity index (χ0) is 19.7. The molecule has 0 unspecified atom stereocenters. The van der Waals surface area contributed by atoms with Crippen molar-refractivity contribution in [2.24, 2.45) is 0 Å². The fraction of sp³-hybridized carbons (Fsp3) is 0.167. The number of sulfonamides is 1. The van der Waals surface area contributed by atoms with Gasteiger partial charge in [-0.25, -0.2) is 22.5 Å². The van der Waals surface area contributed by atoms with Gasteiger partial charge in [-0.3, -0.25) is 9.69 Å². The Kier molecular flexibility index (Phi) is 4.73. The molecule has 2 aromatic carbocycles. The summed E-state index contributed by atoms with van der Waals surface area (Å²) >= 11 is 1.18. The Morgan fingerprint density at radius 3 is 2.54 bits per heavy atom. The number of amides is 3. The highest BCUT2D eigenvalue weighted by Crippen LogP contribution is 2.32. The van der Waals surface area contributed by atoms with Gasteiger partial charge in [0.2, 0.25) is 5.13 Å². The third-order valence-electron chi connectivity index (χ3n) is 4.26. The van der Waals surface area contributed by atoms with Gasteiger partial charge in [-0.1, -0.05) is 41.7 Å². The minimum atomic E-state index is -4.04. The molecule has 0 bridgehead atoms. The zero-order valence-corrected chi connectivity index (χ0v) is 16.2. The minimum Gasteiger partial charge on any atom is -0.336 e. The van der Waals surface area contributed by atoms with E-state index in [-0.39, 0.29) is 16.6 Å². The molecule has 3 amide bonds. The lowest BCUT2D eigenvalue weighted by molar-refractivity contribution is -0.125. The maximum Gasteiger partial charge on any atom is 0.324 e. The number of anilines is 1. The number of nitrogens with one attached hydrogen (secondary N) is 1. The summed E-state index contributed by atoms with van der Waals surface area (Å²) in [6.07, 6.45) is 0. The van der Waals surface area contributed by atoms with E-state index in [4.69, 9.17) is 0 Å². The van der Waals surface area contributed by atoms with Gasteiger partial charge < -0.3 is 5.32 Å². The minimum absolute atomic E-state index is 0.0490. The van der Waals surface area contributed by atoms with Crippen molar-refractivity contribution in [2.75, 3.05) is 23.9 Å². The molecule has 1 aromatic heterocycles. The van der Waals surface area contributed by atoms with Gasteiger partial charge in [-0.15, -0.1) is 0 Å². The average molecular weight is 416 g/mol. The van der Waals surface area contributed by atoms with Crippen LogP contribution in [0, 0.1) is 0 Å². The molecule has 2 heterocycles. The predicted molar refractivity (Wildman–Crippen MR) is 106 cm³/mol. The molecule has 0 spiro atoms. The standard InChI is InChI=1S/C18H16N4O4S2/c23-16(21-11-10-19-17(21)24)12-22(28(25,26)13-6-2-1-3-7-13)18-20-14-8-4-5-9-15(14)27-18/h1-9H,10-12H2,(H,19,24). The number of rotatable bonds is 5. The van der Waals surface area contributed by atoms with Crippen LogP contribution < -0.4 is 9.62 Å². The summed E-state index contributed by atoms with van der Waals surface area (Å²) in [5.41, 5.74) is 0.641. The van der Waals surface area contributed by atoms with Gasteiger partial charge in [0.1, 0.15) is 6.54 Å². The second-order valence-corrected chi connectivity index (χ2v) is 8.94. The van der Waals surface area contributed by atoms with Crippen LogP contribution in [0.3, 0.4) is 0 Å². The van der Waals surface area contributed by atoms with Gasteiger partial charge >= 0.3 is 6.03 Å². The molecule has 0 atom stereocenters. The van der Waals surface area contributed by atoms with Crippen molar-refractivity contribution in [3.8, 4) is 0 Å². The summed E-state index contributed by atoms with van der Waals surface area (Å²) in [5, 5.41) is 2.72. The molecular formula is C18H16N4O4S2. The Morgan fingerprint density at radius 2 is 1.86 bits per heavy atom. The van der Waals surface area contributed by atoms with Crippen molar-refractivity contribution in [3.05, 3.63) is 54.6 Å². The first kappa shape index (κ1) is 18.4. The van der Waals surface area contributed by atoms with Crippen LogP contribution in [0.4, 0.5) is 9.93 Å². The molecule has 1 aliphatic rings. The second kappa shape index (κ2) is 7.21. The number of urea groups is 1. The number of carbonyl (C=O) groups is 2. The van der Waals surface area contributed by atoms with E-state index in [1.54, 1.807) is 24.3 Å². The molecule has 1 aliphatic heterocycles. The zero-order valence-electron chi connectivity index (χ0n) is 14.6. The smallest absolute Gasteiger partial charge is 0.324 e. The van der Waals surface area contributed by atoms with Crippen molar-refractivity contribution < 1.29 is 18.0 Å². The lowest BCUT2D eigenvalue weighted by Gasteiger charge is -2.23. The first-order valence-corrected chi connectivity index (χ1v) is 10.7. The predicted octanol–water partition coefficient (Wildman–Crippen LogP) is 2.04. The molecule has 28 heavy (non-hydrogen) atoms. The Labute approximate surface area is 165 Å². The van der Waals surface area contributed by atoms with Crippen molar-refractivity contribution in [1.29, 1.82) is 0 Å². The largest absolute Gasteiger partial charge is 0.336 e. The second-order valence-electron chi connectivity index (χ2n) is 6.07. The summed E-state index contributed by atoms with van der Waals surface area (Å²) in [6, 6.07) is 14.6. The summed E-state index contributed by atoms with van der Waals surface area (Å²) in [4.78, 5) is 29.9. The van der Waals surface area contributed by atoms with E-state index in [0.717, 1.165) is 13.9 Å². The fourth-order valence-electron chi connectivity index (χ4n) is 2.86. The number of para-hydroxylation sites is 1. The lowest BCUT2D eigenvalue weighted by atomic mass is 10.3. The lowest BCUT2D eigenvalue weighted by Crippen LogP contribution is -2.44. The Bertz CT molecular complexity index is 1110. The van der Waals surface area contributed by atoms with Gasteiger partial charge in [0, 0.05) is 13.1 Å². The highest BCUT2D eigenvalue weighted by Gasteiger charge is 2.34. The molecule has 4 rings (SSSR count). The van der Waals surface area contributed by atoms with Crippen LogP contribution in [0.5, 0.6) is 0 Å². The number of hydrogen-bond acceptors (Lipinski definition) is 6. The van der Waals surface area contributed by atoms with Gasteiger partial charge in [0.05, 0.1) is 15.1 Å². The molecule has 0 aliphatic carbocycles. The van der Waals surface area contributed by atoms with Crippen molar-refractivity contribution in [1.82, 2.24) is 15.2 Å². The van der Waals surface area contributed by atoms with E-state index in [0.29, 0.717) is 12.1 Å². The molecule has 1 saturated heterocycles. The van der Waals surface area contributed by atoms with Crippen molar-refractivity contribution in [3.63, 3.8) is 0 Å². The van der Waals surface area contributed by atoms with Crippen LogP contribution in [0.2, 0.25) is 0 Å². The maximum absolute atomic E-state index is 13.3. The summed E-state index contributed by atoms with van der Waals surface area (Å²) in [5.74, 6) is -0.603. The van der Waals surface area contributed by atoms with Crippen LogP contribution in [0.15, 0.2) is 59.5 Å². The molecule has 10 heteroatoms. The number of imide groups is 1. The molecule has 1 fully saturated rings. The highest BCUT2D eigenvalue weighted by atomic mass is 32.2. The average Bonchev–Trinajstić information content (AvgIpc) is 3.32. The number of fused-ring (bicyclic) bond motifs is 1. The molecule has 8 nitrogen and oxygen atoms in total. The number of hydrogen-bond donors (Lipinski definition) is 1. The number of aromatic nitrogens is 1. The molecule has 144 valence electrons. The molecule has 1 N–H and O–H groups in total. The molecular weight excluding hydrogens is 400 g/mol. The van der Waals surface area contributed by atoms with Gasteiger partial charge in [0.15, 0.2) is 0 Å². The fourth-order valence-corrected chi connectivity index (χ4v) is 5.42. The molecule has 0 radical (unpaired) electrons. The number of benzene rings is 2. The number of carbonyl (C=O) groups excluding carboxylic acids is 2. The number of thiazole rings is 1. The first-order chi connectivity index (χ1) is 13.5. The van der Waals surface area contributed by atoms with Gasteiger partial charge in [-0.05, 0) is 24.3 Å². The normalized spacial score (nSPS) is 14.3. The van der Waals surface area contributed by atoms with E-state index < -0.39 is 28.5 Å². The summed E-state index contributed by atoms with van der Waals surface area (Å²) < 4.78 is 28.3. The molecule has 0 saturated carbocycles. The van der Waals surface area contributed by atoms with Crippen LogP contribution in [0.25, 0.3) is 10.2 Å². The van der Waals surface area contributed by atoms with Crippen LogP contribution >= 0.6 is 11.3 Å². The molecule has 3 aromatic rings. The van der Waals surface area contributed by atoms with Crippen LogP contribution in [0.1, 0.15) is 0 Å². The van der Waals surface area contributed by atoms with Gasteiger partial charge in [-0.2, -0.15) is 0 Å². The SMILES string of the molecule is O=C(CN(c1nc2ccccc2s1)S(=O)(=O)c1ccccc1)N1CCNC1=O. The van der Waals surface area contributed by atoms with E-state index >= 15 is 0 Å². The third kappa shape index (κ3) is 3.32. The highest BCUT2D eigenvalue weighted by molar-refractivity contribution is 7.93. The van der Waals surface area contributed by atoms with Crippen molar-refractivity contribution in [2.45, 2.75) is 4.90 Å². The number of nitrogens with zero attached hydrogens (tertiary/aromatic N) is 3. The Balaban J connectivity index is 1.76. The van der Waals surface area contributed by atoms with E-state index in [1.807, 2.05) is 18.2 Å². The van der Waals surface area contributed by atoms with Crippen LogP contribution in [-0.4, -0.2) is 49.9 Å². The van der Waals surface area contributed by atoms with E-state index in [1.165, 1.54) is 23.5 Å². The third-order valence-corrected chi connectivity index (χ3v) is 7.19. The summed E-state index contributed by atoms with van der Waals surface area (Å²) in [7, 11) is -4.04. The first-order valence-electron chi connectivity index (χ1n) is 8.48. The Morgan fingerprint density at radius 1 is 1.14 bits per heavy atom. The van der Waals surface area contributed by atoms with E-state index in [2.05, 4.69) is 10.3 Å². The topological polar surface area (TPSA) is 99.7 Å². The quantitative estimate of drug-likeness (QED) is 0.686. The monoisotopic (exact) mass is 416 g/mol. The summed E-state index contributed by atoms with van der Waals surface area (Å²) in [6.45, 7) is 0.0400. The van der Waals surface area contributed by atoms with Crippen molar-refractivity contribution >= 4 is 48.6 Å². The van der Waals surface area contributed by atoms with Gasteiger partial charge in [0.25, 0.3) is 15.9 Å². The van der Waals surface area contributed by atoms with E-state index in [9.17, 15) is 18.0 Å². The maximum atomic E-state index is 13.3.